The van der Waals surface area contributed by atoms with Crippen LogP contribution in [0.1, 0.15) is 0 Å². The first-order valence-corrected chi connectivity index (χ1v) is 7.54. The maximum Gasteiger partial charge on any atom is 0.264 e. The zero-order chi connectivity index (χ0) is 15.7. The van der Waals surface area contributed by atoms with Crippen LogP contribution in [0.3, 0.4) is 0 Å². The molecule has 0 aliphatic heterocycles. The van der Waals surface area contributed by atoms with Gasteiger partial charge in [-0.15, -0.1) is 0 Å². The summed E-state index contributed by atoms with van der Waals surface area (Å²) in [7, 11) is 0. The summed E-state index contributed by atoms with van der Waals surface area (Å²) >= 11 is 35.2. The Morgan fingerprint density at radius 1 is 0.762 bits per heavy atom. The van der Waals surface area contributed by atoms with Crippen LogP contribution in [0.4, 0.5) is 11.4 Å². The van der Waals surface area contributed by atoms with Gasteiger partial charge in [-0.1, -0.05) is 69.6 Å². The second-order valence-electron chi connectivity index (χ2n) is 3.81. The molecule has 3 nitrogen and oxygen atoms in total. The van der Waals surface area contributed by atoms with E-state index in [2.05, 4.69) is 5.11 Å². The van der Waals surface area contributed by atoms with E-state index in [9.17, 15) is 5.21 Å². The molecule has 0 fully saturated rings. The fourth-order valence-corrected chi connectivity index (χ4v) is 2.67. The van der Waals surface area contributed by atoms with Gasteiger partial charge in [0, 0.05) is 16.2 Å². The van der Waals surface area contributed by atoms with Crippen molar-refractivity contribution in [2.75, 3.05) is 0 Å². The zero-order valence-electron chi connectivity index (χ0n) is 9.88. The Kier molecular flexibility index (Phi) is 5.47. The van der Waals surface area contributed by atoms with Crippen molar-refractivity contribution in [3.05, 3.63) is 59.6 Å². The van der Waals surface area contributed by atoms with Gasteiger partial charge in [0.2, 0.25) is 0 Å². The molecule has 21 heavy (non-hydrogen) atoms. The molecule has 0 saturated heterocycles. The van der Waals surface area contributed by atoms with Gasteiger partial charge in [-0.2, -0.15) is 0 Å². The van der Waals surface area contributed by atoms with Gasteiger partial charge in [-0.05, 0) is 23.1 Å². The fraction of sp³-hybridized carbons (Fsp3) is 0. The van der Waals surface area contributed by atoms with E-state index in [1.165, 1.54) is 24.3 Å². The number of nitrogens with zero attached hydrogens (tertiary/aromatic N) is 2. The molecule has 110 valence electrons. The molecule has 0 bridgehead atoms. The smallest absolute Gasteiger partial charge is 0.264 e. The highest BCUT2D eigenvalue weighted by Crippen LogP contribution is 2.38. The highest BCUT2D eigenvalue weighted by molar-refractivity contribution is 6.45. The Bertz CT molecular complexity index is 747. The molecule has 0 aromatic heterocycles. The first-order chi connectivity index (χ1) is 9.79. The number of benzene rings is 2. The minimum Gasteiger partial charge on any atom is -0.594 e. The van der Waals surface area contributed by atoms with E-state index in [-0.39, 0.29) is 46.4 Å². The first kappa shape index (κ1) is 16.9. The van der Waals surface area contributed by atoms with Crippen molar-refractivity contribution in [3.8, 4) is 0 Å². The number of hydrogen-bond donors (Lipinski definition) is 0. The van der Waals surface area contributed by atoms with Crippen LogP contribution < -0.4 is 0 Å². The van der Waals surface area contributed by atoms with Gasteiger partial charge in [-0.25, -0.2) is 0 Å². The average molecular weight is 405 g/mol. The predicted octanol–water partition coefficient (Wildman–Crippen LogP) is 7.53. The maximum atomic E-state index is 12.1. The van der Waals surface area contributed by atoms with E-state index in [0.717, 1.165) is 0 Å². The molecule has 0 aliphatic rings. The van der Waals surface area contributed by atoms with E-state index in [1.807, 2.05) is 0 Å². The minimum atomic E-state index is 0.0123. The van der Waals surface area contributed by atoms with Crippen LogP contribution >= 0.6 is 69.6 Å². The SMILES string of the molecule is [O-][N+](=Nc1cc(Cl)cc(Cl)c1Cl)c1cc(Cl)c(Cl)cc1Cl. The first-order valence-electron chi connectivity index (χ1n) is 5.27. The Hall–Kier alpha value is -0.420. The molecule has 0 unspecified atom stereocenters. The quantitative estimate of drug-likeness (QED) is 0.220. The zero-order valence-corrected chi connectivity index (χ0v) is 14.4. The van der Waals surface area contributed by atoms with Crippen LogP contribution in [0.15, 0.2) is 29.4 Å². The largest absolute Gasteiger partial charge is 0.594 e. The monoisotopic (exact) mass is 402 g/mol. The van der Waals surface area contributed by atoms with E-state index >= 15 is 0 Å². The molecule has 2 rings (SSSR count). The number of azo groups is 1. The minimum absolute atomic E-state index is 0.0123. The number of halogens is 6. The third-order valence-corrected chi connectivity index (χ3v) is 4.40. The molecule has 0 aliphatic carbocycles. The van der Waals surface area contributed by atoms with Crippen LogP contribution in [0, 0.1) is 5.21 Å². The Morgan fingerprint density at radius 2 is 1.38 bits per heavy atom. The molecule has 2 aromatic rings. The highest BCUT2D eigenvalue weighted by atomic mass is 35.5. The van der Waals surface area contributed by atoms with Gasteiger partial charge in [0.25, 0.3) is 5.69 Å². The normalized spacial score (nSPS) is 11.8. The topological polar surface area (TPSA) is 38.4 Å². The van der Waals surface area contributed by atoms with Crippen molar-refractivity contribution in [1.82, 2.24) is 0 Å². The maximum absolute atomic E-state index is 12.1. The Morgan fingerprint density at radius 3 is 2.05 bits per heavy atom. The molecule has 0 N–H and O–H groups in total. The molecule has 2 aromatic carbocycles. The second-order valence-corrected chi connectivity index (χ2v) is 6.25. The summed E-state index contributed by atoms with van der Waals surface area (Å²) in [5.41, 5.74) is 0.115. The summed E-state index contributed by atoms with van der Waals surface area (Å²) in [6, 6.07) is 5.47. The molecule has 0 amide bonds. The van der Waals surface area contributed by atoms with Gasteiger partial charge in [0.15, 0.2) is 5.69 Å². The summed E-state index contributed by atoms with van der Waals surface area (Å²) in [5.74, 6) is 0. The van der Waals surface area contributed by atoms with Crippen molar-refractivity contribution >= 4 is 81.0 Å². The lowest BCUT2D eigenvalue weighted by molar-refractivity contribution is -0.435. The van der Waals surface area contributed by atoms with E-state index in [1.54, 1.807) is 0 Å². The average Bonchev–Trinajstić information content (AvgIpc) is 2.39. The van der Waals surface area contributed by atoms with Crippen LogP contribution in [-0.4, -0.2) is 4.86 Å². The lowest BCUT2D eigenvalue weighted by atomic mass is 10.3. The van der Waals surface area contributed by atoms with E-state index in [4.69, 9.17) is 69.6 Å². The summed E-state index contributed by atoms with van der Waals surface area (Å²) < 4.78 is 0. The van der Waals surface area contributed by atoms with E-state index < -0.39 is 0 Å². The molecule has 0 heterocycles. The molecular weight excluding hydrogens is 401 g/mol. The van der Waals surface area contributed by atoms with Gasteiger partial charge in [0.1, 0.15) is 5.02 Å². The summed E-state index contributed by atoms with van der Waals surface area (Å²) in [6.07, 6.45) is 0. The van der Waals surface area contributed by atoms with Crippen molar-refractivity contribution in [3.63, 3.8) is 0 Å². The Labute approximate surface area is 150 Å². The van der Waals surface area contributed by atoms with Gasteiger partial charge in [0.05, 0.1) is 20.1 Å². The van der Waals surface area contributed by atoms with E-state index in [0.29, 0.717) is 0 Å². The predicted molar refractivity (Wildman–Crippen MR) is 88.3 cm³/mol. The van der Waals surface area contributed by atoms with Gasteiger partial charge >= 0.3 is 0 Å². The number of rotatable bonds is 2. The lowest BCUT2D eigenvalue weighted by Gasteiger charge is -2.05. The molecule has 0 saturated carbocycles. The lowest BCUT2D eigenvalue weighted by Crippen LogP contribution is -1.92. The van der Waals surface area contributed by atoms with Crippen LogP contribution in [0.5, 0.6) is 0 Å². The van der Waals surface area contributed by atoms with Gasteiger partial charge in [-0.3, -0.25) is 0 Å². The standard InChI is InChI=1S/C12H4Cl6N2O/c13-5-1-9(17)12(18)10(2-5)19-20(21)11-4-7(15)6(14)3-8(11)16/h1-4H. The van der Waals surface area contributed by atoms with Crippen LogP contribution in [-0.2, 0) is 0 Å². The molecule has 0 spiro atoms. The molecule has 0 atom stereocenters. The summed E-state index contributed by atoms with van der Waals surface area (Å²) in [6.45, 7) is 0. The summed E-state index contributed by atoms with van der Waals surface area (Å²) in [5, 5.41) is 16.9. The van der Waals surface area contributed by atoms with Crippen LogP contribution in [0.2, 0.25) is 30.1 Å². The third-order valence-electron chi connectivity index (χ3n) is 2.37. The van der Waals surface area contributed by atoms with Gasteiger partial charge < -0.3 is 5.21 Å². The number of hydrogen-bond acceptors (Lipinski definition) is 2. The second kappa shape index (κ2) is 6.78. The Balaban J connectivity index is 2.54. The molecule has 9 heteroatoms. The third kappa shape index (κ3) is 3.86. The van der Waals surface area contributed by atoms with Crippen LogP contribution in [0.25, 0.3) is 0 Å². The van der Waals surface area contributed by atoms with Crippen molar-refractivity contribution < 1.29 is 4.86 Å². The molecule has 0 radical (unpaired) electrons. The fourth-order valence-electron chi connectivity index (χ4n) is 1.43. The van der Waals surface area contributed by atoms with Crippen molar-refractivity contribution in [2.45, 2.75) is 0 Å². The highest BCUT2D eigenvalue weighted by Gasteiger charge is 2.16. The summed E-state index contributed by atoms with van der Waals surface area (Å²) in [4.78, 5) is 0.262. The molecular formula is C12H4Cl6N2O. The van der Waals surface area contributed by atoms with Crippen molar-refractivity contribution in [1.29, 1.82) is 0 Å². The van der Waals surface area contributed by atoms with Crippen molar-refractivity contribution in [2.24, 2.45) is 5.11 Å².